The molecule has 13 heavy (non-hydrogen) atoms. The Balaban J connectivity index is 0.00000144. The SMILES string of the molecule is [Cl-].[NH3+]CC(=O)OCc1ccccc1. The molecule has 1 aromatic rings. The van der Waals surface area contributed by atoms with Gasteiger partial charge in [0.15, 0.2) is 6.54 Å². The van der Waals surface area contributed by atoms with Gasteiger partial charge in [-0.05, 0) is 5.56 Å². The van der Waals surface area contributed by atoms with Crippen molar-refractivity contribution in [1.29, 1.82) is 0 Å². The molecule has 0 fully saturated rings. The van der Waals surface area contributed by atoms with Gasteiger partial charge < -0.3 is 22.9 Å². The van der Waals surface area contributed by atoms with Crippen molar-refractivity contribution in [2.75, 3.05) is 6.54 Å². The number of benzene rings is 1. The van der Waals surface area contributed by atoms with Crippen LogP contribution in [-0.4, -0.2) is 12.5 Å². The molecule has 0 radical (unpaired) electrons. The summed E-state index contributed by atoms with van der Waals surface area (Å²) >= 11 is 0. The summed E-state index contributed by atoms with van der Waals surface area (Å²) in [7, 11) is 0. The fourth-order valence-corrected chi connectivity index (χ4v) is 0.810. The lowest BCUT2D eigenvalue weighted by Gasteiger charge is -2.00. The van der Waals surface area contributed by atoms with E-state index >= 15 is 0 Å². The number of carbonyl (C=O) groups is 1. The van der Waals surface area contributed by atoms with E-state index in [2.05, 4.69) is 5.73 Å². The first-order valence-corrected chi connectivity index (χ1v) is 3.81. The molecule has 3 N–H and O–H groups in total. The van der Waals surface area contributed by atoms with Crippen LogP contribution in [-0.2, 0) is 16.1 Å². The largest absolute Gasteiger partial charge is 1.00 e. The minimum Gasteiger partial charge on any atom is -1.00 e. The van der Waals surface area contributed by atoms with Gasteiger partial charge in [-0.3, -0.25) is 0 Å². The van der Waals surface area contributed by atoms with Crippen LogP contribution in [0.1, 0.15) is 5.56 Å². The van der Waals surface area contributed by atoms with Crippen molar-refractivity contribution >= 4 is 5.97 Å². The highest BCUT2D eigenvalue weighted by atomic mass is 35.5. The number of halogens is 1. The molecular formula is C9H12ClNO2. The third-order valence-electron chi connectivity index (χ3n) is 1.45. The summed E-state index contributed by atoms with van der Waals surface area (Å²) in [6.45, 7) is 0.530. The molecule has 0 atom stereocenters. The second-order valence-electron chi connectivity index (χ2n) is 2.40. The quantitative estimate of drug-likeness (QED) is 0.530. The van der Waals surface area contributed by atoms with Crippen molar-refractivity contribution in [2.45, 2.75) is 6.61 Å². The highest BCUT2D eigenvalue weighted by Gasteiger charge is 2.00. The van der Waals surface area contributed by atoms with E-state index in [1.807, 2.05) is 30.3 Å². The van der Waals surface area contributed by atoms with E-state index in [9.17, 15) is 4.79 Å². The Labute approximate surface area is 83.3 Å². The normalized spacial score (nSPS) is 8.69. The second-order valence-corrected chi connectivity index (χ2v) is 2.40. The van der Waals surface area contributed by atoms with Crippen LogP contribution >= 0.6 is 0 Å². The molecule has 0 aliphatic carbocycles. The standard InChI is InChI=1S/C9H11NO2.ClH/c10-6-9(11)12-7-8-4-2-1-3-5-8;/h1-5H,6-7,10H2;1H. The van der Waals surface area contributed by atoms with Gasteiger partial charge in [0.25, 0.3) is 0 Å². The molecule has 0 heterocycles. The van der Waals surface area contributed by atoms with E-state index in [0.717, 1.165) is 5.56 Å². The minimum absolute atomic E-state index is 0. The van der Waals surface area contributed by atoms with Crippen molar-refractivity contribution in [1.82, 2.24) is 0 Å². The lowest BCUT2D eigenvalue weighted by Crippen LogP contribution is -3.00. The van der Waals surface area contributed by atoms with Crippen LogP contribution in [0.25, 0.3) is 0 Å². The maximum Gasteiger partial charge on any atom is 0.361 e. The van der Waals surface area contributed by atoms with Gasteiger partial charge in [-0.15, -0.1) is 0 Å². The number of hydrogen-bond donors (Lipinski definition) is 1. The van der Waals surface area contributed by atoms with Crippen LogP contribution in [0.15, 0.2) is 30.3 Å². The fraction of sp³-hybridized carbons (Fsp3) is 0.222. The van der Waals surface area contributed by atoms with Crippen molar-refractivity contribution in [3.05, 3.63) is 35.9 Å². The zero-order valence-corrected chi connectivity index (χ0v) is 7.96. The van der Waals surface area contributed by atoms with E-state index in [4.69, 9.17) is 4.74 Å². The summed E-state index contributed by atoms with van der Waals surface area (Å²) in [6.07, 6.45) is 0. The molecule has 72 valence electrons. The molecule has 0 saturated heterocycles. The van der Waals surface area contributed by atoms with Gasteiger partial charge in [0.1, 0.15) is 6.61 Å². The lowest BCUT2D eigenvalue weighted by atomic mass is 10.2. The Bertz CT molecular complexity index is 251. The topological polar surface area (TPSA) is 53.9 Å². The molecule has 1 aromatic carbocycles. The van der Waals surface area contributed by atoms with Gasteiger partial charge in [-0.25, -0.2) is 4.79 Å². The number of ether oxygens (including phenoxy) is 1. The number of quaternary nitrogens is 1. The van der Waals surface area contributed by atoms with E-state index in [1.54, 1.807) is 0 Å². The van der Waals surface area contributed by atoms with Crippen LogP contribution in [0.4, 0.5) is 0 Å². The zero-order valence-electron chi connectivity index (χ0n) is 7.20. The summed E-state index contributed by atoms with van der Waals surface area (Å²) in [5.74, 6) is -0.265. The van der Waals surface area contributed by atoms with Crippen molar-refractivity contribution < 1.29 is 27.7 Å². The maximum absolute atomic E-state index is 10.7. The summed E-state index contributed by atoms with van der Waals surface area (Å²) in [6, 6.07) is 9.57. The Kier molecular flexibility index (Phi) is 5.93. The Hall–Kier alpha value is -1.06. The van der Waals surface area contributed by atoms with E-state index in [1.165, 1.54) is 0 Å². The molecule has 1 rings (SSSR count). The summed E-state index contributed by atoms with van der Waals surface area (Å²) < 4.78 is 4.88. The van der Waals surface area contributed by atoms with Gasteiger partial charge in [0.05, 0.1) is 0 Å². The second kappa shape index (κ2) is 6.46. The Morgan fingerprint density at radius 1 is 1.31 bits per heavy atom. The molecular weight excluding hydrogens is 190 g/mol. The van der Waals surface area contributed by atoms with E-state index in [-0.39, 0.29) is 24.9 Å². The predicted octanol–water partition coefficient (Wildman–Crippen LogP) is -3.02. The van der Waals surface area contributed by atoms with Crippen LogP contribution in [0.2, 0.25) is 0 Å². The summed E-state index contributed by atoms with van der Waals surface area (Å²) in [5.41, 5.74) is 4.42. The first kappa shape index (κ1) is 11.9. The van der Waals surface area contributed by atoms with Crippen molar-refractivity contribution in [3.8, 4) is 0 Å². The smallest absolute Gasteiger partial charge is 0.361 e. The summed E-state index contributed by atoms with van der Waals surface area (Å²) in [4.78, 5) is 10.7. The molecule has 0 bridgehead atoms. The van der Waals surface area contributed by atoms with Crippen LogP contribution in [0.5, 0.6) is 0 Å². The van der Waals surface area contributed by atoms with Crippen LogP contribution in [0.3, 0.4) is 0 Å². The molecule has 4 heteroatoms. The monoisotopic (exact) mass is 201 g/mol. The Morgan fingerprint density at radius 2 is 1.92 bits per heavy atom. The molecule has 0 unspecified atom stereocenters. The molecule has 3 nitrogen and oxygen atoms in total. The van der Waals surface area contributed by atoms with E-state index < -0.39 is 0 Å². The molecule has 0 amide bonds. The van der Waals surface area contributed by atoms with E-state index in [0.29, 0.717) is 6.61 Å². The van der Waals surface area contributed by atoms with Crippen LogP contribution in [0, 0.1) is 0 Å². The number of hydrogen-bond acceptors (Lipinski definition) is 2. The third kappa shape index (κ3) is 4.50. The first-order chi connectivity index (χ1) is 5.83. The van der Waals surface area contributed by atoms with Gasteiger partial charge in [0.2, 0.25) is 0 Å². The highest BCUT2D eigenvalue weighted by molar-refractivity contribution is 5.69. The van der Waals surface area contributed by atoms with Crippen LogP contribution < -0.4 is 18.1 Å². The van der Waals surface area contributed by atoms with Crippen molar-refractivity contribution in [2.24, 2.45) is 0 Å². The minimum atomic E-state index is -0.265. The van der Waals surface area contributed by atoms with Gasteiger partial charge in [-0.2, -0.15) is 0 Å². The zero-order chi connectivity index (χ0) is 8.81. The number of carbonyl (C=O) groups excluding carboxylic acids is 1. The Morgan fingerprint density at radius 3 is 2.46 bits per heavy atom. The molecule has 0 saturated carbocycles. The average molecular weight is 202 g/mol. The molecule has 0 aromatic heterocycles. The lowest BCUT2D eigenvalue weighted by molar-refractivity contribution is -0.360. The predicted molar refractivity (Wildman–Crippen MR) is 44.0 cm³/mol. The molecule has 0 aliphatic heterocycles. The van der Waals surface area contributed by atoms with Gasteiger partial charge >= 0.3 is 5.97 Å². The number of rotatable bonds is 3. The number of esters is 1. The first-order valence-electron chi connectivity index (χ1n) is 3.81. The van der Waals surface area contributed by atoms with Crippen molar-refractivity contribution in [3.63, 3.8) is 0 Å². The maximum atomic E-state index is 10.7. The third-order valence-corrected chi connectivity index (χ3v) is 1.45. The fourth-order valence-electron chi connectivity index (χ4n) is 0.810. The molecule has 0 spiro atoms. The highest BCUT2D eigenvalue weighted by Crippen LogP contribution is 1.99. The summed E-state index contributed by atoms with van der Waals surface area (Å²) in [5, 5.41) is 0. The van der Waals surface area contributed by atoms with Gasteiger partial charge in [-0.1, -0.05) is 30.3 Å². The molecule has 0 aliphatic rings. The van der Waals surface area contributed by atoms with Gasteiger partial charge in [0, 0.05) is 0 Å². The average Bonchev–Trinajstić information content (AvgIpc) is 2.16.